The van der Waals surface area contributed by atoms with E-state index >= 15 is 0 Å². The summed E-state index contributed by atoms with van der Waals surface area (Å²) in [6, 6.07) is 4.49. The van der Waals surface area contributed by atoms with Crippen LogP contribution < -0.4 is 5.32 Å². The van der Waals surface area contributed by atoms with Crippen LogP contribution in [0.4, 0.5) is 5.69 Å². The van der Waals surface area contributed by atoms with Gasteiger partial charge in [-0.3, -0.25) is 0 Å². The summed E-state index contributed by atoms with van der Waals surface area (Å²) in [6.07, 6.45) is 5.20. The second-order valence-electron chi connectivity index (χ2n) is 4.87. The van der Waals surface area contributed by atoms with E-state index in [2.05, 4.69) is 17.2 Å². The molecule has 1 fully saturated rings. The Balaban J connectivity index is 1.98. The lowest BCUT2D eigenvalue weighted by atomic mass is 9.87. The molecule has 2 rings (SSSR count). The van der Waals surface area contributed by atoms with Crippen molar-refractivity contribution in [2.75, 3.05) is 5.32 Å². The predicted octanol–water partition coefficient (Wildman–Crippen LogP) is 4.03. The molecule has 0 amide bonds. The summed E-state index contributed by atoms with van der Waals surface area (Å²) in [5.74, 6) is 0.891. The highest BCUT2D eigenvalue weighted by molar-refractivity contribution is 6.29. The van der Waals surface area contributed by atoms with Gasteiger partial charge in [0.15, 0.2) is 0 Å². The van der Waals surface area contributed by atoms with Crippen LogP contribution in [-0.4, -0.2) is 11.0 Å². The third-order valence-corrected chi connectivity index (χ3v) is 3.64. The summed E-state index contributed by atoms with van der Waals surface area (Å²) < 4.78 is 0. The lowest BCUT2D eigenvalue weighted by molar-refractivity contribution is 0.361. The van der Waals surface area contributed by atoms with Crippen LogP contribution in [-0.2, 0) is 0 Å². The Hall–Kier alpha value is -0.760. The summed E-state index contributed by atoms with van der Waals surface area (Å²) in [5, 5.41) is 4.15. The molecule has 1 aromatic rings. The van der Waals surface area contributed by atoms with Crippen molar-refractivity contribution < 1.29 is 0 Å². The summed E-state index contributed by atoms with van der Waals surface area (Å²) in [4.78, 5) is 4.26. The number of halogens is 1. The molecule has 0 radical (unpaired) electrons. The maximum Gasteiger partial charge on any atom is 0.129 e. The van der Waals surface area contributed by atoms with Gasteiger partial charge in [0.05, 0.1) is 11.4 Å². The number of aryl methyl sites for hydroxylation is 1. The minimum absolute atomic E-state index is 0.570. The average Bonchev–Trinajstić information content (AvgIpc) is 2.25. The smallest absolute Gasteiger partial charge is 0.129 e. The van der Waals surface area contributed by atoms with Crippen molar-refractivity contribution in [2.45, 2.75) is 45.6 Å². The fourth-order valence-electron chi connectivity index (χ4n) is 2.31. The van der Waals surface area contributed by atoms with Crippen molar-refractivity contribution in [2.24, 2.45) is 5.92 Å². The van der Waals surface area contributed by atoms with E-state index in [4.69, 9.17) is 11.6 Å². The molecular formula is C13H19ClN2. The largest absolute Gasteiger partial charge is 0.381 e. The van der Waals surface area contributed by atoms with E-state index in [1.54, 1.807) is 0 Å². The number of hydrogen-bond acceptors (Lipinski definition) is 2. The lowest BCUT2D eigenvalue weighted by Gasteiger charge is -2.28. The molecule has 0 aromatic carbocycles. The van der Waals surface area contributed by atoms with Crippen molar-refractivity contribution in [1.82, 2.24) is 4.98 Å². The number of hydrogen-bond donors (Lipinski definition) is 1. The minimum atomic E-state index is 0.570. The Bertz CT molecular complexity index is 357. The summed E-state index contributed by atoms with van der Waals surface area (Å²) in [6.45, 7) is 4.34. The first kappa shape index (κ1) is 11.7. The Morgan fingerprint density at radius 3 is 2.56 bits per heavy atom. The quantitative estimate of drug-likeness (QED) is 0.787. The lowest BCUT2D eigenvalue weighted by Crippen LogP contribution is -2.25. The van der Waals surface area contributed by atoms with E-state index in [-0.39, 0.29) is 0 Å². The normalized spacial score (nSPS) is 25.4. The van der Waals surface area contributed by atoms with Gasteiger partial charge >= 0.3 is 0 Å². The maximum atomic E-state index is 5.84. The average molecular weight is 239 g/mol. The van der Waals surface area contributed by atoms with Crippen molar-refractivity contribution in [3.63, 3.8) is 0 Å². The highest BCUT2D eigenvalue weighted by Gasteiger charge is 2.18. The van der Waals surface area contributed by atoms with Crippen molar-refractivity contribution in [3.8, 4) is 0 Å². The summed E-state index contributed by atoms with van der Waals surface area (Å²) in [5.41, 5.74) is 2.12. The zero-order valence-corrected chi connectivity index (χ0v) is 10.7. The maximum absolute atomic E-state index is 5.84. The fraction of sp³-hybridized carbons (Fsp3) is 0.615. The first-order valence-electron chi connectivity index (χ1n) is 6.05. The van der Waals surface area contributed by atoms with Gasteiger partial charge in [0.1, 0.15) is 5.15 Å². The van der Waals surface area contributed by atoms with Gasteiger partial charge in [-0.15, -0.1) is 0 Å². The molecule has 1 aromatic heterocycles. The van der Waals surface area contributed by atoms with Gasteiger partial charge in [0.25, 0.3) is 0 Å². The second kappa shape index (κ2) is 5.05. The highest BCUT2D eigenvalue weighted by Crippen LogP contribution is 2.27. The standard InChI is InChI=1S/C13H19ClN2/c1-9-3-5-11(6-4-9)16-12-7-8-13(14)15-10(12)2/h7-9,11,16H,3-6H2,1-2H3. The molecule has 88 valence electrons. The Morgan fingerprint density at radius 1 is 1.25 bits per heavy atom. The van der Waals surface area contributed by atoms with E-state index < -0.39 is 0 Å². The molecule has 0 atom stereocenters. The van der Waals surface area contributed by atoms with Gasteiger partial charge in [0.2, 0.25) is 0 Å². The van der Waals surface area contributed by atoms with Crippen molar-refractivity contribution in [1.29, 1.82) is 0 Å². The third-order valence-electron chi connectivity index (χ3n) is 3.43. The van der Waals surface area contributed by atoms with Crippen LogP contribution in [0.1, 0.15) is 38.3 Å². The molecular weight excluding hydrogens is 220 g/mol. The van der Waals surface area contributed by atoms with Gasteiger partial charge in [-0.25, -0.2) is 4.98 Å². The SMILES string of the molecule is Cc1nc(Cl)ccc1NC1CCC(C)CC1. The van der Waals surface area contributed by atoms with Gasteiger partial charge in [-0.05, 0) is 50.7 Å². The predicted molar refractivity (Wildman–Crippen MR) is 69.0 cm³/mol. The monoisotopic (exact) mass is 238 g/mol. The minimum Gasteiger partial charge on any atom is -0.381 e. The number of rotatable bonds is 2. The van der Waals surface area contributed by atoms with Gasteiger partial charge in [-0.2, -0.15) is 0 Å². The van der Waals surface area contributed by atoms with Gasteiger partial charge in [0, 0.05) is 6.04 Å². The number of anilines is 1. The zero-order valence-electron chi connectivity index (χ0n) is 9.96. The molecule has 2 nitrogen and oxygen atoms in total. The van der Waals surface area contributed by atoms with Crippen LogP contribution >= 0.6 is 11.6 Å². The molecule has 0 unspecified atom stereocenters. The van der Waals surface area contributed by atoms with Crippen LogP contribution in [0.15, 0.2) is 12.1 Å². The Kier molecular flexibility index (Phi) is 3.70. The summed E-state index contributed by atoms with van der Waals surface area (Å²) in [7, 11) is 0. The Morgan fingerprint density at radius 2 is 1.94 bits per heavy atom. The van der Waals surface area contributed by atoms with Crippen LogP contribution in [0.3, 0.4) is 0 Å². The van der Waals surface area contributed by atoms with Crippen LogP contribution in [0.25, 0.3) is 0 Å². The molecule has 1 saturated carbocycles. The van der Waals surface area contributed by atoms with E-state index in [9.17, 15) is 0 Å². The highest BCUT2D eigenvalue weighted by atomic mass is 35.5. The van der Waals surface area contributed by atoms with Crippen LogP contribution in [0.5, 0.6) is 0 Å². The van der Waals surface area contributed by atoms with Crippen molar-refractivity contribution in [3.05, 3.63) is 23.0 Å². The number of nitrogens with zero attached hydrogens (tertiary/aromatic N) is 1. The molecule has 1 aliphatic rings. The molecule has 1 heterocycles. The molecule has 0 aliphatic heterocycles. The molecule has 1 aliphatic carbocycles. The number of nitrogens with one attached hydrogen (secondary N) is 1. The Labute approximate surface area is 102 Å². The van der Waals surface area contributed by atoms with Crippen molar-refractivity contribution >= 4 is 17.3 Å². The van der Waals surface area contributed by atoms with E-state index in [1.807, 2.05) is 19.1 Å². The topological polar surface area (TPSA) is 24.9 Å². The first-order valence-corrected chi connectivity index (χ1v) is 6.42. The molecule has 3 heteroatoms. The molecule has 0 saturated heterocycles. The van der Waals surface area contributed by atoms with E-state index in [0.717, 1.165) is 17.3 Å². The molecule has 1 N–H and O–H groups in total. The molecule has 0 spiro atoms. The second-order valence-corrected chi connectivity index (χ2v) is 5.26. The third kappa shape index (κ3) is 2.88. The van der Waals surface area contributed by atoms with E-state index in [1.165, 1.54) is 25.7 Å². The van der Waals surface area contributed by atoms with Crippen LogP contribution in [0, 0.1) is 12.8 Å². The van der Waals surface area contributed by atoms with Crippen LogP contribution in [0.2, 0.25) is 5.15 Å². The molecule has 16 heavy (non-hydrogen) atoms. The molecule has 0 bridgehead atoms. The van der Waals surface area contributed by atoms with Gasteiger partial charge in [-0.1, -0.05) is 18.5 Å². The zero-order chi connectivity index (χ0) is 11.5. The van der Waals surface area contributed by atoms with E-state index in [0.29, 0.717) is 11.2 Å². The number of pyridine rings is 1. The van der Waals surface area contributed by atoms with Gasteiger partial charge < -0.3 is 5.32 Å². The summed E-state index contributed by atoms with van der Waals surface area (Å²) >= 11 is 5.84. The number of aromatic nitrogens is 1. The fourth-order valence-corrected chi connectivity index (χ4v) is 2.50. The first-order chi connectivity index (χ1) is 7.65.